The molecule has 1 aromatic rings. The van der Waals surface area contributed by atoms with Gasteiger partial charge < -0.3 is 15.5 Å². The fourth-order valence-electron chi connectivity index (χ4n) is 2.00. The van der Waals surface area contributed by atoms with Crippen molar-refractivity contribution < 1.29 is 9.59 Å². The van der Waals surface area contributed by atoms with Gasteiger partial charge in [-0.3, -0.25) is 9.59 Å². The first kappa shape index (κ1) is 18.5. The molecule has 0 saturated carbocycles. The SMILES string of the molecule is C=CCN(CC=C)C(=O)CNc1cccc(C(=O)NC(C)C)c1. The van der Waals surface area contributed by atoms with E-state index in [9.17, 15) is 9.59 Å². The minimum absolute atomic E-state index is 0.0539. The van der Waals surface area contributed by atoms with Crippen molar-refractivity contribution >= 4 is 17.5 Å². The monoisotopic (exact) mass is 315 g/mol. The molecule has 5 heteroatoms. The van der Waals surface area contributed by atoms with Gasteiger partial charge in [-0.05, 0) is 32.0 Å². The maximum Gasteiger partial charge on any atom is 0.251 e. The molecule has 0 bridgehead atoms. The number of hydrogen-bond donors (Lipinski definition) is 2. The molecule has 0 aromatic heterocycles. The van der Waals surface area contributed by atoms with Crippen LogP contribution in [0.15, 0.2) is 49.6 Å². The maximum atomic E-state index is 12.1. The molecule has 0 spiro atoms. The summed E-state index contributed by atoms with van der Waals surface area (Å²) < 4.78 is 0. The van der Waals surface area contributed by atoms with Crippen LogP contribution in [0.1, 0.15) is 24.2 Å². The first-order chi connectivity index (χ1) is 11.0. The third kappa shape index (κ3) is 6.38. The van der Waals surface area contributed by atoms with Crippen LogP contribution in [0, 0.1) is 0 Å². The van der Waals surface area contributed by atoms with Crippen molar-refractivity contribution in [1.82, 2.24) is 10.2 Å². The summed E-state index contributed by atoms with van der Waals surface area (Å²) in [5.41, 5.74) is 1.29. The van der Waals surface area contributed by atoms with Gasteiger partial charge in [-0.2, -0.15) is 0 Å². The lowest BCUT2D eigenvalue weighted by Crippen LogP contribution is -2.35. The van der Waals surface area contributed by atoms with Crippen molar-refractivity contribution in [3.05, 3.63) is 55.1 Å². The van der Waals surface area contributed by atoms with Crippen molar-refractivity contribution in [3.63, 3.8) is 0 Å². The molecule has 5 nitrogen and oxygen atoms in total. The molecule has 0 atom stereocenters. The summed E-state index contributed by atoms with van der Waals surface area (Å²) in [7, 11) is 0. The Balaban J connectivity index is 2.67. The lowest BCUT2D eigenvalue weighted by Gasteiger charge is -2.20. The number of nitrogens with zero attached hydrogens (tertiary/aromatic N) is 1. The number of anilines is 1. The van der Waals surface area contributed by atoms with Gasteiger partial charge in [0.25, 0.3) is 5.91 Å². The quantitative estimate of drug-likeness (QED) is 0.688. The lowest BCUT2D eigenvalue weighted by atomic mass is 10.1. The van der Waals surface area contributed by atoms with Gasteiger partial charge >= 0.3 is 0 Å². The minimum Gasteiger partial charge on any atom is -0.376 e. The van der Waals surface area contributed by atoms with Gasteiger partial charge in [0.15, 0.2) is 0 Å². The summed E-state index contributed by atoms with van der Waals surface area (Å²) in [6.45, 7) is 12.2. The Kier molecular flexibility index (Phi) is 7.60. The molecule has 0 heterocycles. The molecule has 0 unspecified atom stereocenters. The number of rotatable bonds is 9. The Hall–Kier alpha value is -2.56. The summed E-state index contributed by atoms with van der Waals surface area (Å²) in [5, 5.41) is 5.89. The van der Waals surface area contributed by atoms with Gasteiger partial charge in [0, 0.05) is 30.4 Å². The predicted octanol–water partition coefficient (Wildman–Crippen LogP) is 2.44. The molecular weight excluding hydrogens is 290 g/mol. The van der Waals surface area contributed by atoms with Crippen LogP contribution in [0.25, 0.3) is 0 Å². The van der Waals surface area contributed by atoms with E-state index in [4.69, 9.17) is 0 Å². The zero-order chi connectivity index (χ0) is 17.2. The van der Waals surface area contributed by atoms with E-state index in [1.807, 2.05) is 19.9 Å². The molecule has 1 aromatic carbocycles. The molecule has 0 saturated heterocycles. The van der Waals surface area contributed by atoms with Crippen LogP contribution in [-0.2, 0) is 4.79 Å². The zero-order valence-corrected chi connectivity index (χ0v) is 13.8. The second-order valence-corrected chi connectivity index (χ2v) is 5.44. The highest BCUT2D eigenvalue weighted by Gasteiger charge is 2.11. The summed E-state index contributed by atoms with van der Waals surface area (Å²) >= 11 is 0. The minimum atomic E-state index is -0.130. The molecule has 1 rings (SSSR count). The molecule has 124 valence electrons. The average molecular weight is 315 g/mol. The highest BCUT2D eigenvalue weighted by molar-refractivity contribution is 5.95. The van der Waals surface area contributed by atoms with Crippen LogP contribution in [0.3, 0.4) is 0 Å². The van der Waals surface area contributed by atoms with Gasteiger partial charge in [0.05, 0.1) is 6.54 Å². The summed E-state index contributed by atoms with van der Waals surface area (Å²) in [5.74, 6) is -0.184. The largest absolute Gasteiger partial charge is 0.376 e. The van der Waals surface area contributed by atoms with Crippen molar-refractivity contribution in [2.45, 2.75) is 19.9 Å². The zero-order valence-electron chi connectivity index (χ0n) is 13.8. The third-order valence-corrected chi connectivity index (χ3v) is 3.04. The molecule has 23 heavy (non-hydrogen) atoms. The van der Waals surface area contributed by atoms with E-state index < -0.39 is 0 Å². The van der Waals surface area contributed by atoms with Gasteiger partial charge in [-0.15, -0.1) is 13.2 Å². The van der Waals surface area contributed by atoms with E-state index in [0.717, 1.165) is 5.69 Å². The van der Waals surface area contributed by atoms with Crippen molar-refractivity contribution in [2.75, 3.05) is 25.0 Å². The van der Waals surface area contributed by atoms with E-state index in [0.29, 0.717) is 18.7 Å². The summed E-state index contributed by atoms with van der Waals surface area (Å²) in [6, 6.07) is 7.16. The number of benzene rings is 1. The van der Waals surface area contributed by atoms with E-state index in [1.54, 1.807) is 35.3 Å². The predicted molar refractivity (Wildman–Crippen MR) is 94.5 cm³/mol. The second-order valence-electron chi connectivity index (χ2n) is 5.44. The molecule has 0 radical (unpaired) electrons. The highest BCUT2D eigenvalue weighted by Crippen LogP contribution is 2.11. The van der Waals surface area contributed by atoms with Crippen molar-refractivity contribution in [2.24, 2.45) is 0 Å². The molecule has 0 aliphatic heterocycles. The molecule has 0 aliphatic carbocycles. The number of nitrogens with one attached hydrogen (secondary N) is 2. The van der Waals surface area contributed by atoms with E-state index in [1.165, 1.54) is 0 Å². The normalized spacial score (nSPS) is 10.0. The Morgan fingerprint density at radius 2 is 1.87 bits per heavy atom. The molecule has 2 amide bonds. The number of hydrogen-bond acceptors (Lipinski definition) is 3. The number of carbonyl (C=O) groups excluding carboxylic acids is 2. The lowest BCUT2D eigenvalue weighted by molar-refractivity contribution is -0.128. The van der Waals surface area contributed by atoms with Crippen LogP contribution in [0.5, 0.6) is 0 Å². The fraction of sp³-hybridized carbons (Fsp3) is 0.333. The summed E-state index contributed by atoms with van der Waals surface area (Å²) in [4.78, 5) is 25.8. The van der Waals surface area contributed by atoms with Crippen LogP contribution in [0.4, 0.5) is 5.69 Å². The van der Waals surface area contributed by atoms with Crippen LogP contribution < -0.4 is 10.6 Å². The average Bonchev–Trinajstić information content (AvgIpc) is 2.52. The van der Waals surface area contributed by atoms with Crippen LogP contribution >= 0.6 is 0 Å². The Labute approximate surface area is 138 Å². The number of amides is 2. The number of carbonyl (C=O) groups is 2. The first-order valence-corrected chi connectivity index (χ1v) is 7.62. The standard InChI is InChI=1S/C18H25N3O2/c1-5-10-21(11-6-2)17(22)13-19-16-9-7-8-15(12-16)18(23)20-14(3)4/h5-9,12,14,19H,1-2,10-11,13H2,3-4H3,(H,20,23). The van der Waals surface area contributed by atoms with Gasteiger partial charge in [0.1, 0.15) is 0 Å². The van der Waals surface area contributed by atoms with Crippen LogP contribution in [0.2, 0.25) is 0 Å². The topological polar surface area (TPSA) is 61.4 Å². The summed E-state index contributed by atoms with van der Waals surface area (Å²) in [6.07, 6.45) is 3.36. The molecular formula is C18H25N3O2. The Morgan fingerprint density at radius 1 is 1.22 bits per heavy atom. The van der Waals surface area contributed by atoms with Crippen LogP contribution in [-0.4, -0.2) is 42.4 Å². The first-order valence-electron chi connectivity index (χ1n) is 7.62. The molecule has 0 aliphatic rings. The second kappa shape index (κ2) is 9.46. The fourth-order valence-corrected chi connectivity index (χ4v) is 2.00. The molecule has 0 fully saturated rings. The van der Waals surface area contributed by atoms with E-state index >= 15 is 0 Å². The Bertz CT molecular complexity index is 557. The smallest absolute Gasteiger partial charge is 0.251 e. The van der Waals surface area contributed by atoms with Crippen molar-refractivity contribution in [3.8, 4) is 0 Å². The van der Waals surface area contributed by atoms with Crippen molar-refractivity contribution in [1.29, 1.82) is 0 Å². The van der Waals surface area contributed by atoms with Gasteiger partial charge in [-0.1, -0.05) is 18.2 Å². The van der Waals surface area contributed by atoms with Gasteiger partial charge in [-0.25, -0.2) is 0 Å². The van der Waals surface area contributed by atoms with Gasteiger partial charge in [0.2, 0.25) is 5.91 Å². The van der Waals surface area contributed by atoms with E-state index in [2.05, 4.69) is 23.8 Å². The molecule has 2 N–H and O–H groups in total. The Morgan fingerprint density at radius 3 is 2.43 bits per heavy atom. The third-order valence-electron chi connectivity index (χ3n) is 3.04. The van der Waals surface area contributed by atoms with E-state index in [-0.39, 0.29) is 24.4 Å². The maximum absolute atomic E-state index is 12.1. The highest BCUT2D eigenvalue weighted by atomic mass is 16.2.